The van der Waals surface area contributed by atoms with E-state index < -0.39 is 11.6 Å². The first-order valence-electron chi connectivity index (χ1n) is 6.74. The maximum atomic E-state index is 13.0. The van der Waals surface area contributed by atoms with Crippen LogP contribution >= 0.6 is 11.8 Å². The van der Waals surface area contributed by atoms with E-state index in [2.05, 4.69) is 15.5 Å². The van der Waals surface area contributed by atoms with Gasteiger partial charge in [-0.25, -0.2) is 8.78 Å². The van der Waals surface area contributed by atoms with Crippen molar-refractivity contribution in [2.24, 2.45) is 0 Å². The number of anilines is 1. The van der Waals surface area contributed by atoms with Gasteiger partial charge >= 0.3 is 0 Å². The van der Waals surface area contributed by atoms with E-state index in [1.807, 2.05) is 18.4 Å². The fraction of sp³-hybridized carbons (Fsp3) is 0.357. The number of carbonyl (C=O) groups excluding carboxylic acids is 1. The van der Waals surface area contributed by atoms with E-state index in [4.69, 9.17) is 0 Å². The predicted octanol–water partition coefficient (Wildman–Crippen LogP) is 3.26. The highest BCUT2D eigenvalue weighted by Crippen LogP contribution is 2.20. The van der Waals surface area contributed by atoms with Crippen LogP contribution in [-0.4, -0.2) is 26.4 Å². The molecule has 0 bridgehead atoms. The average molecular weight is 326 g/mol. The molecule has 0 saturated heterocycles. The zero-order chi connectivity index (χ0) is 16.1. The van der Waals surface area contributed by atoms with Crippen molar-refractivity contribution in [2.45, 2.75) is 31.5 Å². The number of rotatable bonds is 6. The third-order valence-corrected chi connectivity index (χ3v) is 3.76. The highest BCUT2D eigenvalue weighted by Gasteiger charge is 2.10. The maximum absolute atomic E-state index is 13.0. The van der Waals surface area contributed by atoms with Crippen LogP contribution in [0.3, 0.4) is 0 Å². The standard InChI is InChI=1S/C14H16F2N4OS/c1-9(2)20-8-17-19-14(20)22-4-3-13(21)18-12-6-10(15)5-11(16)7-12/h5-9H,3-4H2,1-2H3,(H,18,21). The minimum Gasteiger partial charge on any atom is -0.326 e. The molecule has 0 atom stereocenters. The molecule has 5 nitrogen and oxygen atoms in total. The summed E-state index contributed by atoms with van der Waals surface area (Å²) in [6.07, 6.45) is 1.84. The first-order chi connectivity index (χ1) is 10.5. The monoisotopic (exact) mass is 326 g/mol. The van der Waals surface area contributed by atoms with Crippen LogP contribution in [0, 0.1) is 11.6 Å². The first kappa shape index (κ1) is 16.4. The molecule has 118 valence electrons. The summed E-state index contributed by atoms with van der Waals surface area (Å²) < 4.78 is 28.0. The van der Waals surface area contributed by atoms with E-state index in [1.54, 1.807) is 6.33 Å². The van der Waals surface area contributed by atoms with Gasteiger partial charge in [-0.1, -0.05) is 11.8 Å². The lowest BCUT2D eigenvalue weighted by atomic mass is 10.3. The lowest BCUT2D eigenvalue weighted by Gasteiger charge is -2.09. The van der Waals surface area contributed by atoms with Gasteiger partial charge in [0.2, 0.25) is 5.91 Å². The number of nitrogens with one attached hydrogen (secondary N) is 1. The molecule has 0 aliphatic rings. The van der Waals surface area contributed by atoms with E-state index >= 15 is 0 Å². The van der Waals surface area contributed by atoms with Crippen LogP contribution in [-0.2, 0) is 4.79 Å². The highest BCUT2D eigenvalue weighted by molar-refractivity contribution is 7.99. The Hall–Kier alpha value is -1.96. The Bertz CT molecular complexity index is 640. The summed E-state index contributed by atoms with van der Waals surface area (Å²) in [6, 6.07) is 3.14. The molecule has 0 aliphatic carbocycles. The lowest BCUT2D eigenvalue weighted by Crippen LogP contribution is -2.13. The summed E-state index contributed by atoms with van der Waals surface area (Å²) in [6.45, 7) is 4.03. The van der Waals surface area contributed by atoms with Crippen LogP contribution in [0.5, 0.6) is 0 Å². The van der Waals surface area contributed by atoms with Crippen molar-refractivity contribution in [1.29, 1.82) is 0 Å². The molecule has 2 aromatic rings. The molecule has 0 fully saturated rings. The Morgan fingerprint density at radius 2 is 2.00 bits per heavy atom. The SMILES string of the molecule is CC(C)n1cnnc1SCCC(=O)Nc1cc(F)cc(F)c1. The van der Waals surface area contributed by atoms with E-state index in [9.17, 15) is 13.6 Å². The first-order valence-corrected chi connectivity index (χ1v) is 7.72. The summed E-state index contributed by atoms with van der Waals surface area (Å²) in [5.41, 5.74) is 0.109. The molecular weight excluding hydrogens is 310 g/mol. The lowest BCUT2D eigenvalue weighted by molar-refractivity contribution is -0.115. The predicted molar refractivity (Wildman–Crippen MR) is 80.7 cm³/mol. The van der Waals surface area contributed by atoms with Crippen molar-refractivity contribution < 1.29 is 13.6 Å². The van der Waals surface area contributed by atoms with Crippen LogP contribution < -0.4 is 5.32 Å². The van der Waals surface area contributed by atoms with Crippen LogP contribution in [0.4, 0.5) is 14.5 Å². The molecule has 0 saturated carbocycles. The smallest absolute Gasteiger partial charge is 0.225 e. The van der Waals surface area contributed by atoms with Gasteiger partial charge < -0.3 is 9.88 Å². The van der Waals surface area contributed by atoms with Crippen molar-refractivity contribution in [1.82, 2.24) is 14.8 Å². The summed E-state index contributed by atoms with van der Waals surface area (Å²) in [5, 5.41) is 11.0. The van der Waals surface area contributed by atoms with E-state index in [0.717, 1.165) is 23.4 Å². The molecule has 2 rings (SSSR count). The van der Waals surface area contributed by atoms with Crippen molar-refractivity contribution in [3.05, 3.63) is 36.2 Å². The fourth-order valence-electron chi connectivity index (χ4n) is 1.77. The van der Waals surface area contributed by atoms with Gasteiger partial charge in [-0.05, 0) is 26.0 Å². The molecule has 22 heavy (non-hydrogen) atoms. The zero-order valence-corrected chi connectivity index (χ0v) is 13.0. The van der Waals surface area contributed by atoms with Gasteiger partial charge in [-0.15, -0.1) is 10.2 Å². The molecule has 1 aromatic heterocycles. The van der Waals surface area contributed by atoms with Gasteiger partial charge in [0.25, 0.3) is 0 Å². The number of thioether (sulfide) groups is 1. The van der Waals surface area contributed by atoms with Gasteiger partial charge in [0.1, 0.15) is 18.0 Å². The van der Waals surface area contributed by atoms with E-state index in [0.29, 0.717) is 5.75 Å². The second-order valence-corrected chi connectivity index (χ2v) is 5.98. The number of carbonyl (C=O) groups is 1. The molecule has 0 spiro atoms. The van der Waals surface area contributed by atoms with E-state index in [-0.39, 0.29) is 24.1 Å². The maximum Gasteiger partial charge on any atom is 0.225 e. The van der Waals surface area contributed by atoms with Crippen molar-refractivity contribution in [3.63, 3.8) is 0 Å². The minimum absolute atomic E-state index is 0.109. The molecule has 0 unspecified atom stereocenters. The molecule has 1 N–H and O–H groups in total. The molecule has 1 heterocycles. The second-order valence-electron chi connectivity index (χ2n) is 4.92. The molecular formula is C14H16F2N4OS. The van der Waals surface area contributed by atoms with Gasteiger partial charge in [-0.2, -0.15) is 0 Å². The van der Waals surface area contributed by atoms with Gasteiger partial charge in [0, 0.05) is 30.0 Å². The number of aromatic nitrogens is 3. The fourth-order valence-corrected chi connectivity index (χ4v) is 2.76. The van der Waals surface area contributed by atoms with E-state index in [1.165, 1.54) is 11.8 Å². The molecule has 1 amide bonds. The molecule has 1 aromatic carbocycles. The summed E-state index contributed by atoms with van der Waals surface area (Å²) in [5.74, 6) is -1.27. The van der Waals surface area contributed by atoms with Crippen LogP contribution in [0.25, 0.3) is 0 Å². The number of nitrogens with zero attached hydrogens (tertiary/aromatic N) is 3. The Kier molecular flexibility index (Phi) is 5.48. The minimum atomic E-state index is -0.727. The summed E-state index contributed by atoms with van der Waals surface area (Å²) >= 11 is 1.41. The summed E-state index contributed by atoms with van der Waals surface area (Å²) in [4.78, 5) is 11.8. The Morgan fingerprint density at radius 3 is 2.64 bits per heavy atom. The number of hydrogen-bond donors (Lipinski definition) is 1. The summed E-state index contributed by atoms with van der Waals surface area (Å²) in [7, 11) is 0. The number of amides is 1. The zero-order valence-electron chi connectivity index (χ0n) is 12.2. The Morgan fingerprint density at radius 1 is 1.32 bits per heavy atom. The highest BCUT2D eigenvalue weighted by atomic mass is 32.2. The number of hydrogen-bond acceptors (Lipinski definition) is 4. The number of benzene rings is 1. The van der Waals surface area contributed by atoms with Gasteiger partial charge in [0.15, 0.2) is 5.16 Å². The van der Waals surface area contributed by atoms with Crippen LogP contribution in [0.2, 0.25) is 0 Å². The normalized spacial score (nSPS) is 11.0. The Labute approximate surface area is 131 Å². The molecule has 0 radical (unpaired) electrons. The second kappa shape index (κ2) is 7.35. The van der Waals surface area contributed by atoms with Crippen molar-refractivity contribution in [2.75, 3.05) is 11.1 Å². The van der Waals surface area contributed by atoms with Gasteiger partial charge in [-0.3, -0.25) is 4.79 Å². The number of halogens is 2. The Balaban J connectivity index is 1.84. The largest absolute Gasteiger partial charge is 0.326 e. The van der Waals surface area contributed by atoms with Crippen molar-refractivity contribution in [3.8, 4) is 0 Å². The van der Waals surface area contributed by atoms with Crippen LogP contribution in [0.15, 0.2) is 29.7 Å². The molecule has 0 aliphatic heterocycles. The van der Waals surface area contributed by atoms with Crippen LogP contribution in [0.1, 0.15) is 26.3 Å². The topological polar surface area (TPSA) is 59.8 Å². The molecule has 8 heteroatoms. The average Bonchev–Trinajstić information content (AvgIpc) is 2.85. The third-order valence-electron chi connectivity index (χ3n) is 2.80. The third kappa shape index (κ3) is 4.52. The van der Waals surface area contributed by atoms with Gasteiger partial charge in [0.05, 0.1) is 0 Å². The van der Waals surface area contributed by atoms with Crippen molar-refractivity contribution >= 4 is 23.4 Å². The quantitative estimate of drug-likeness (QED) is 0.828.